The van der Waals surface area contributed by atoms with E-state index in [1.165, 1.54) is 0 Å². The molecule has 1 fully saturated rings. The Morgan fingerprint density at radius 1 is 1.29 bits per heavy atom. The van der Waals surface area contributed by atoms with Gasteiger partial charge in [-0.1, -0.05) is 10.9 Å². The maximum absolute atomic E-state index is 12.4. The normalized spacial score (nSPS) is 19.5. The minimum Gasteiger partial charge on any atom is -0.350 e. The van der Waals surface area contributed by atoms with E-state index in [1.54, 1.807) is 17.7 Å². The van der Waals surface area contributed by atoms with Gasteiger partial charge in [0.2, 0.25) is 0 Å². The topological polar surface area (TPSA) is 93.0 Å². The summed E-state index contributed by atoms with van der Waals surface area (Å²) in [7, 11) is 0. The highest BCUT2D eigenvalue weighted by Gasteiger charge is 2.24. The number of carbonyl (C=O) groups excluding carboxylic acids is 1. The molecule has 4 rings (SSSR count). The largest absolute Gasteiger partial charge is 0.350 e. The molecule has 1 N–H and O–H groups in total. The average Bonchev–Trinajstić information content (AvgIpc) is 3.33. The molecule has 1 atom stereocenters. The lowest BCUT2D eigenvalue weighted by Gasteiger charge is -2.35. The predicted octanol–water partition coefficient (Wildman–Crippen LogP) is 1.18. The van der Waals surface area contributed by atoms with E-state index in [0.29, 0.717) is 23.7 Å². The first kappa shape index (κ1) is 19.2. The van der Waals surface area contributed by atoms with Crippen molar-refractivity contribution in [3.8, 4) is 0 Å². The van der Waals surface area contributed by atoms with Crippen LogP contribution in [0.2, 0.25) is 0 Å². The first-order valence-electron chi connectivity index (χ1n) is 10.0. The summed E-state index contributed by atoms with van der Waals surface area (Å²) in [6.45, 7) is 4.75. The number of aryl methyl sites for hydroxylation is 3. The maximum Gasteiger partial charge on any atom is 0.267 e. The third kappa shape index (κ3) is 4.15. The van der Waals surface area contributed by atoms with E-state index in [2.05, 4.69) is 24.9 Å². The van der Waals surface area contributed by atoms with Crippen molar-refractivity contribution < 1.29 is 4.79 Å². The maximum atomic E-state index is 12.4. The molecular weight excluding hydrogens is 376 g/mol. The van der Waals surface area contributed by atoms with E-state index in [-0.39, 0.29) is 17.5 Å². The molecule has 0 radical (unpaired) electrons. The Hall–Kier alpha value is -2.13. The van der Waals surface area contributed by atoms with E-state index in [0.717, 1.165) is 74.4 Å². The Balaban J connectivity index is 1.36. The second-order valence-electron chi connectivity index (χ2n) is 7.61. The fourth-order valence-electron chi connectivity index (χ4n) is 4.14. The number of carbonyl (C=O) groups is 1. The molecule has 28 heavy (non-hydrogen) atoms. The van der Waals surface area contributed by atoms with Crippen LogP contribution in [0.1, 0.15) is 52.3 Å². The number of hydrogen-bond acceptors (Lipinski definition) is 7. The third-order valence-electron chi connectivity index (χ3n) is 5.73. The summed E-state index contributed by atoms with van der Waals surface area (Å²) in [4.78, 5) is 27.6. The van der Waals surface area contributed by atoms with Crippen LogP contribution in [0.5, 0.6) is 0 Å². The van der Waals surface area contributed by atoms with Crippen molar-refractivity contribution in [3.05, 3.63) is 38.2 Å². The average molecular weight is 403 g/mol. The first-order valence-corrected chi connectivity index (χ1v) is 10.8. The molecule has 1 aliphatic heterocycles. The second-order valence-corrected chi connectivity index (χ2v) is 8.37. The monoisotopic (exact) mass is 402 g/mol. The quantitative estimate of drug-likeness (QED) is 0.780. The minimum atomic E-state index is -0.102. The lowest BCUT2D eigenvalue weighted by molar-refractivity contribution is 0.0912. The number of nitrogens with zero attached hydrogens (tertiary/aromatic N) is 5. The van der Waals surface area contributed by atoms with Gasteiger partial charge in [0.15, 0.2) is 0 Å². The van der Waals surface area contributed by atoms with Crippen LogP contribution in [0, 0.1) is 6.92 Å². The fraction of sp³-hybridized carbons (Fsp3) is 0.632. The predicted molar refractivity (Wildman–Crippen MR) is 107 cm³/mol. The van der Waals surface area contributed by atoms with Crippen LogP contribution in [0.3, 0.4) is 0 Å². The van der Waals surface area contributed by atoms with Crippen molar-refractivity contribution >= 4 is 17.4 Å². The lowest BCUT2D eigenvalue weighted by Crippen LogP contribution is -2.48. The highest BCUT2D eigenvalue weighted by atomic mass is 32.1. The molecule has 0 bridgehead atoms. The van der Waals surface area contributed by atoms with Crippen LogP contribution in [0.25, 0.3) is 0 Å². The van der Waals surface area contributed by atoms with Gasteiger partial charge >= 0.3 is 0 Å². The van der Waals surface area contributed by atoms with Gasteiger partial charge in [0.25, 0.3) is 11.5 Å². The molecule has 0 aromatic carbocycles. The molecule has 1 saturated heterocycles. The summed E-state index contributed by atoms with van der Waals surface area (Å²) < 4.78 is 5.44. The molecule has 1 unspecified atom stereocenters. The van der Waals surface area contributed by atoms with Gasteiger partial charge in [-0.25, -0.2) is 4.68 Å². The Bertz CT molecular complexity index is 908. The number of nitrogens with one attached hydrogen (secondary N) is 1. The SMILES string of the molecule is Cc1nnsc1C(=O)NCC1CCCCN1CCn1nc2c(cc1=O)CCC2. The zero-order chi connectivity index (χ0) is 19.5. The molecule has 1 amide bonds. The summed E-state index contributed by atoms with van der Waals surface area (Å²) in [5.74, 6) is -0.102. The van der Waals surface area contributed by atoms with Crippen LogP contribution in [-0.4, -0.2) is 55.9 Å². The smallest absolute Gasteiger partial charge is 0.267 e. The zero-order valence-electron chi connectivity index (χ0n) is 16.2. The number of rotatable bonds is 6. The molecule has 0 spiro atoms. The summed E-state index contributed by atoms with van der Waals surface area (Å²) in [6.07, 6.45) is 6.39. The van der Waals surface area contributed by atoms with Crippen molar-refractivity contribution in [2.75, 3.05) is 19.6 Å². The third-order valence-corrected chi connectivity index (χ3v) is 6.55. The highest BCUT2D eigenvalue weighted by molar-refractivity contribution is 7.07. The molecule has 9 heteroatoms. The van der Waals surface area contributed by atoms with Crippen LogP contribution >= 0.6 is 11.5 Å². The Kier molecular flexibility index (Phi) is 5.82. The second kappa shape index (κ2) is 8.48. The number of fused-ring (bicyclic) bond motifs is 1. The summed E-state index contributed by atoms with van der Waals surface area (Å²) in [6, 6.07) is 2.04. The molecule has 8 nitrogen and oxygen atoms in total. The van der Waals surface area contributed by atoms with Gasteiger partial charge in [-0.15, -0.1) is 5.10 Å². The number of likely N-dealkylation sites (tertiary alicyclic amines) is 1. The number of amides is 1. The Labute approximate surface area is 168 Å². The van der Waals surface area contributed by atoms with Crippen molar-refractivity contribution in [1.82, 2.24) is 29.6 Å². The highest BCUT2D eigenvalue weighted by Crippen LogP contribution is 2.18. The molecule has 0 saturated carbocycles. The lowest BCUT2D eigenvalue weighted by atomic mass is 10.0. The van der Waals surface area contributed by atoms with Crippen molar-refractivity contribution in [2.45, 2.75) is 58.0 Å². The van der Waals surface area contributed by atoms with Gasteiger partial charge in [-0.3, -0.25) is 14.5 Å². The van der Waals surface area contributed by atoms with Gasteiger partial charge < -0.3 is 5.32 Å². The first-order chi connectivity index (χ1) is 13.6. The Morgan fingerprint density at radius 2 is 2.18 bits per heavy atom. The van der Waals surface area contributed by atoms with Gasteiger partial charge in [-0.2, -0.15) is 5.10 Å². The van der Waals surface area contributed by atoms with Crippen LogP contribution < -0.4 is 10.9 Å². The summed E-state index contributed by atoms with van der Waals surface area (Å²) in [5, 5.41) is 11.5. The van der Waals surface area contributed by atoms with E-state index < -0.39 is 0 Å². The summed E-state index contributed by atoms with van der Waals surface area (Å²) in [5.41, 5.74) is 2.86. The van der Waals surface area contributed by atoms with Crippen LogP contribution in [-0.2, 0) is 19.4 Å². The molecular formula is C19H26N6O2S. The van der Waals surface area contributed by atoms with Crippen molar-refractivity contribution in [2.24, 2.45) is 0 Å². The molecule has 2 aromatic heterocycles. The van der Waals surface area contributed by atoms with E-state index in [1.807, 2.05) is 0 Å². The van der Waals surface area contributed by atoms with Gasteiger partial charge in [-0.05, 0) is 62.7 Å². The van der Waals surface area contributed by atoms with Crippen LogP contribution in [0.15, 0.2) is 10.9 Å². The molecule has 2 aromatic rings. The van der Waals surface area contributed by atoms with Gasteiger partial charge in [0, 0.05) is 25.2 Å². The van der Waals surface area contributed by atoms with Crippen molar-refractivity contribution in [3.63, 3.8) is 0 Å². The summed E-state index contributed by atoms with van der Waals surface area (Å²) >= 11 is 1.13. The van der Waals surface area contributed by atoms with Gasteiger partial charge in [0.05, 0.1) is 17.9 Å². The number of aromatic nitrogens is 4. The standard InChI is InChI=1S/C19H26N6O2S/c1-13-18(28-23-21-13)19(27)20-12-15-6-2-3-8-24(15)9-10-25-17(26)11-14-5-4-7-16(14)22-25/h11,15H,2-10,12H2,1H3,(H,20,27). The molecule has 1 aliphatic carbocycles. The molecule has 3 heterocycles. The van der Waals surface area contributed by atoms with Crippen LogP contribution in [0.4, 0.5) is 0 Å². The van der Waals surface area contributed by atoms with E-state index in [4.69, 9.17) is 0 Å². The Morgan fingerprint density at radius 3 is 3.00 bits per heavy atom. The van der Waals surface area contributed by atoms with Crippen molar-refractivity contribution in [1.29, 1.82) is 0 Å². The van der Waals surface area contributed by atoms with Gasteiger partial charge in [0.1, 0.15) is 4.88 Å². The van der Waals surface area contributed by atoms with E-state index >= 15 is 0 Å². The van der Waals surface area contributed by atoms with E-state index in [9.17, 15) is 9.59 Å². The number of hydrogen-bond donors (Lipinski definition) is 1. The fourth-order valence-corrected chi connectivity index (χ4v) is 4.71. The molecule has 150 valence electrons. The number of piperidine rings is 1. The minimum absolute atomic E-state index is 0.00400. The zero-order valence-corrected chi connectivity index (χ0v) is 17.0. The molecule has 2 aliphatic rings.